The standard InChI is InChI=1S/C19H21N3O5/c1-21-15-9-14(17(27-5)10-16(15)22(2)19(21)24)20-18(23)11-6-12(25-3)8-13(7-11)26-4/h6-10H,1-5H3,(H,20,23). The Morgan fingerprint density at radius 3 is 1.93 bits per heavy atom. The van der Waals surface area contributed by atoms with Gasteiger partial charge in [0.25, 0.3) is 5.91 Å². The van der Waals surface area contributed by atoms with Gasteiger partial charge in [-0.25, -0.2) is 4.79 Å². The van der Waals surface area contributed by atoms with Crippen LogP contribution in [0, 0.1) is 0 Å². The van der Waals surface area contributed by atoms with Gasteiger partial charge in [0.05, 0.1) is 38.1 Å². The van der Waals surface area contributed by atoms with E-state index in [9.17, 15) is 9.59 Å². The zero-order chi connectivity index (χ0) is 19.7. The van der Waals surface area contributed by atoms with Gasteiger partial charge in [0.1, 0.15) is 17.2 Å². The number of aromatic nitrogens is 2. The molecule has 2 aromatic carbocycles. The van der Waals surface area contributed by atoms with Crippen LogP contribution in [0.4, 0.5) is 5.69 Å². The molecule has 1 amide bonds. The molecule has 0 aliphatic rings. The predicted octanol–water partition coefficient (Wildman–Crippen LogP) is 2.16. The van der Waals surface area contributed by atoms with Gasteiger partial charge in [-0.1, -0.05) is 0 Å². The van der Waals surface area contributed by atoms with E-state index in [1.807, 2.05) is 0 Å². The summed E-state index contributed by atoms with van der Waals surface area (Å²) in [5.74, 6) is 1.11. The van der Waals surface area contributed by atoms with Gasteiger partial charge < -0.3 is 19.5 Å². The van der Waals surface area contributed by atoms with E-state index in [-0.39, 0.29) is 11.6 Å². The van der Waals surface area contributed by atoms with Crippen molar-refractivity contribution in [3.8, 4) is 17.2 Å². The fraction of sp³-hybridized carbons (Fsp3) is 0.263. The maximum Gasteiger partial charge on any atom is 0.328 e. The number of nitrogens with one attached hydrogen (secondary N) is 1. The first-order chi connectivity index (χ1) is 12.9. The molecule has 0 unspecified atom stereocenters. The second-order valence-corrected chi connectivity index (χ2v) is 6.00. The van der Waals surface area contributed by atoms with Crippen LogP contribution in [0.2, 0.25) is 0 Å². The molecule has 0 saturated heterocycles. The number of imidazole rings is 1. The molecule has 1 N–H and O–H groups in total. The van der Waals surface area contributed by atoms with Crippen LogP contribution in [0.3, 0.4) is 0 Å². The zero-order valence-corrected chi connectivity index (χ0v) is 15.8. The number of benzene rings is 2. The van der Waals surface area contributed by atoms with E-state index in [2.05, 4.69) is 5.32 Å². The molecule has 0 saturated carbocycles. The van der Waals surface area contributed by atoms with Crippen LogP contribution in [-0.4, -0.2) is 36.4 Å². The molecular weight excluding hydrogens is 350 g/mol. The maximum absolute atomic E-state index is 12.8. The van der Waals surface area contributed by atoms with Gasteiger partial charge in [-0.05, 0) is 18.2 Å². The highest BCUT2D eigenvalue weighted by molar-refractivity contribution is 6.06. The van der Waals surface area contributed by atoms with Crippen LogP contribution in [-0.2, 0) is 14.1 Å². The molecule has 1 heterocycles. The van der Waals surface area contributed by atoms with E-state index >= 15 is 0 Å². The van der Waals surface area contributed by atoms with E-state index in [4.69, 9.17) is 14.2 Å². The van der Waals surface area contributed by atoms with Crippen molar-refractivity contribution in [3.05, 3.63) is 46.4 Å². The van der Waals surface area contributed by atoms with E-state index in [0.717, 1.165) is 0 Å². The molecule has 8 heteroatoms. The molecule has 3 aromatic rings. The molecule has 1 aromatic heterocycles. The molecule has 0 aliphatic carbocycles. The van der Waals surface area contributed by atoms with Gasteiger partial charge in [-0.3, -0.25) is 13.9 Å². The molecule has 142 valence electrons. The molecule has 0 fully saturated rings. The minimum atomic E-state index is -0.356. The fourth-order valence-electron chi connectivity index (χ4n) is 2.93. The van der Waals surface area contributed by atoms with Crippen molar-refractivity contribution in [2.75, 3.05) is 26.6 Å². The fourth-order valence-corrected chi connectivity index (χ4v) is 2.93. The lowest BCUT2D eigenvalue weighted by molar-refractivity contribution is 0.102. The van der Waals surface area contributed by atoms with Crippen LogP contribution in [0.1, 0.15) is 10.4 Å². The molecular formula is C19H21N3O5. The Labute approximate surface area is 155 Å². The first kappa shape index (κ1) is 18.4. The second-order valence-electron chi connectivity index (χ2n) is 6.00. The number of carbonyl (C=O) groups excluding carboxylic acids is 1. The van der Waals surface area contributed by atoms with Crippen LogP contribution in [0.5, 0.6) is 17.2 Å². The quantitative estimate of drug-likeness (QED) is 0.743. The van der Waals surface area contributed by atoms with E-state index in [0.29, 0.717) is 39.5 Å². The average molecular weight is 371 g/mol. The van der Waals surface area contributed by atoms with Gasteiger partial charge in [0.15, 0.2) is 0 Å². The highest BCUT2D eigenvalue weighted by Gasteiger charge is 2.16. The summed E-state index contributed by atoms with van der Waals surface area (Å²) in [7, 11) is 7.90. The number of rotatable bonds is 5. The van der Waals surface area contributed by atoms with Crippen molar-refractivity contribution in [2.45, 2.75) is 0 Å². The summed E-state index contributed by atoms with van der Waals surface area (Å²) in [6.45, 7) is 0. The second kappa shape index (κ2) is 7.06. The number of aryl methyl sites for hydroxylation is 2. The molecule has 0 spiro atoms. The highest BCUT2D eigenvalue weighted by Crippen LogP contribution is 2.31. The third-order valence-corrected chi connectivity index (χ3v) is 4.46. The Bertz CT molecular complexity index is 1060. The van der Waals surface area contributed by atoms with Crippen molar-refractivity contribution < 1.29 is 19.0 Å². The Kier molecular flexibility index (Phi) is 4.81. The molecule has 0 aliphatic heterocycles. The van der Waals surface area contributed by atoms with Gasteiger partial charge in [0, 0.05) is 31.8 Å². The summed E-state index contributed by atoms with van der Waals surface area (Å²) in [5, 5.41) is 2.83. The van der Waals surface area contributed by atoms with Crippen molar-refractivity contribution in [3.63, 3.8) is 0 Å². The number of hydrogen-bond acceptors (Lipinski definition) is 5. The first-order valence-corrected chi connectivity index (χ1v) is 8.17. The summed E-state index contributed by atoms with van der Waals surface area (Å²) in [4.78, 5) is 24.9. The van der Waals surface area contributed by atoms with E-state index in [1.165, 1.54) is 30.5 Å². The SMILES string of the molecule is COc1cc(OC)cc(C(=O)Nc2cc3c(cc2OC)n(C)c(=O)n3C)c1. The predicted molar refractivity (Wildman–Crippen MR) is 102 cm³/mol. The Balaban J connectivity index is 2.04. The largest absolute Gasteiger partial charge is 0.497 e. The molecule has 27 heavy (non-hydrogen) atoms. The highest BCUT2D eigenvalue weighted by atomic mass is 16.5. The molecule has 0 atom stereocenters. The first-order valence-electron chi connectivity index (χ1n) is 8.17. The minimum Gasteiger partial charge on any atom is -0.497 e. The number of fused-ring (bicyclic) bond motifs is 1. The van der Waals surface area contributed by atoms with Crippen molar-refractivity contribution in [1.82, 2.24) is 9.13 Å². The maximum atomic E-state index is 12.8. The van der Waals surface area contributed by atoms with Crippen LogP contribution in [0.25, 0.3) is 11.0 Å². The third kappa shape index (κ3) is 3.21. The number of amides is 1. The van der Waals surface area contributed by atoms with Crippen LogP contribution in [0.15, 0.2) is 35.1 Å². The summed E-state index contributed by atoms with van der Waals surface area (Å²) >= 11 is 0. The number of ether oxygens (including phenoxy) is 3. The lowest BCUT2D eigenvalue weighted by Gasteiger charge is -2.12. The van der Waals surface area contributed by atoms with Crippen LogP contribution >= 0.6 is 0 Å². The Morgan fingerprint density at radius 1 is 0.852 bits per heavy atom. The summed E-state index contributed by atoms with van der Waals surface area (Å²) in [5.41, 5.74) is 2.06. The smallest absolute Gasteiger partial charge is 0.328 e. The topological polar surface area (TPSA) is 83.7 Å². The summed E-state index contributed by atoms with van der Waals surface area (Å²) in [6.07, 6.45) is 0. The van der Waals surface area contributed by atoms with Crippen molar-refractivity contribution in [1.29, 1.82) is 0 Å². The van der Waals surface area contributed by atoms with Gasteiger partial charge in [0.2, 0.25) is 0 Å². The lowest BCUT2D eigenvalue weighted by Crippen LogP contribution is -2.19. The number of hydrogen-bond donors (Lipinski definition) is 1. The molecule has 8 nitrogen and oxygen atoms in total. The Hall–Kier alpha value is -3.42. The molecule has 0 bridgehead atoms. The number of anilines is 1. The van der Waals surface area contributed by atoms with Gasteiger partial charge in [-0.15, -0.1) is 0 Å². The van der Waals surface area contributed by atoms with Crippen LogP contribution < -0.4 is 25.2 Å². The Morgan fingerprint density at radius 2 is 1.41 bits per heavy atom. The van der Waals surface area contributed by atoms with Crippen molar-refractivity contribution >= 4 is 22.6 Å². The van der Waals surface area contributed by atoms with E-state index < -0.39 is 0 Å². The third-order valence-electron chi connectivity index (χ3n) is 4.46. The normalized spacial score (nSPS) is 10.7. The lowest BCUT2D eigenvalue weighted by atomic mass is 10.1. The van der Waals surface area contributed by atoms with Gasteiger partial charge >= 0.3 is 5.69 Å². The van der Waals surface area contributed by atoms with E-state index in [1.54, 1.807) is 44.4 Å². The molecule has 3 rings (SSSR count). The number of carbonyl (C=O) groups is 1. The number of nitrogens with zero attached hydrogens (tertiary/aromatic N) is 2. The summed E-state index contributed by atoms with van der Waals surface area (Å²) in [6, 6.07) is 8.34. The molecule has 0 radical (unpaired) electrons. The average Bonchev–Trinajstić information content (AvgIpc) is 2.90. The monoisotopic (exact) mass is 371 g/mol. The van der Waals surface area contributed by atoms with Crippen molar-refractivity contribution in [2.24, 2.45) is 14.1 Å². The van der Waals surface area contributed by atoms with Gasteiger partial charge in [-0.2, -0.15) is 0 Å². The summed E-state index contributed by atoms with van der Waals surface area (Å²) < 4.78 is 18.8. The minimum absolute atomic E-state index is 0.159. The number of methoxy groups -OCH3 is 3. The zero-order valence-electron chi connectivity index (χ0n) is 15.8.